The summed E-state index contributed by atoms with van der Waals surface area (Å²) in [5.74, 6) is 1.76. The Morgan fingerprint density at radius 3 is 2.74 bits per heavy atom. The van der Waals surface area contributed by atoms with E-state index in [0.29, 0.717) is 30.3 Å². The lowest BCUT2D eigenvalue weighted by atomic mass is 10.2. The Bertz CT molecular complexity index is 926. The Morgan fingerprint density at radius 2 is 2.00 bits per heavy atom. The van der Waals surface area contributed by atoms with Gasteiger partial charge < -0.3 is 14.4 Å². The highest BCUT2D eigenvalue weighted by atomic mass is 32.2. The molecule has 142 valence electrons. The fourth-order valence-corrected chi connectivity index (χ4v) is 3.69. The average Bonchev–Trinajstić information content (AvgIpc) is 3.13. The van der Waals surface area contributed by atoms with Gasteiger partial charge in [0.05, 0.1) is 31.7 Å². The number of imidazole rings is 1. The molecule has 0 unspecified atom stereocenters. The molecule has 3 rings (SSSR count). The molecule has 27 heavy (non-hydrogen) atoms. The van der Waals surface area contributed by atoms with Crippen molar-refractivity contribution in [1.82, 2.24) is 14.3 Å². The van der Waals surface area contributed by atoms with Crippen molar-refractivity contribution in [2.24, 2.45) is 0 Å². The van der Waals surface area contributed by atoms with Crippen molar-refractivity contribution in [3.8, 4) is 11.5 Å². The van der Waals surface area contributed by atoms with Crippen LogP contribution in [0.5, 0.6) is 11.5 Å². The zero-order chi connectivity index (χ0) is 19.2. The largest absolute Gasteiger partial charge is 0.493 e. The smallest absolute Gasteiger partial charge is 0.233 e. The summed E-state index contributed by atoms with van der Waals surface area (Å²) in [5.41, 5.74) is 2.02. The van der Waals surface area contributed by atoms with Crippen molar-refractivity contribution in [3.63, 3.8) is 0 Å². The molecule has 0 saturated carbocycles. The lowest BCUT2D eigenvalue weighted by Crippen LogP contribution is -2.31. The Hall–Kier alpha value is -2.67. The van der Waals surface area contributed by atoms with Gasteiger partial charge in [0.15, 0.2) is 16.7 Å². The molecule has 0 bridgehead atoms. The van der Waals surface area contributed by atoms with Crippen molar-refractivity contribution in [2.75, 3.05) is 26.5 Å². The molecule has 3 aromatic rings. The van der Waals surface area contributed by atoms with Crippen molar-refractivity contribution in [1.29, 1.82) is 0 Å². The average molecular weight is 385 g/mol. The van der Waals surface area contributed by atoms with E-state index in [2.05, 4.69) is 4.98 Å². The predicted molar refractivity (Wildman–Crippen MR) is 107 cm³/mol. The maximum absolute atomic E-state index is 12.7. The van der Waals surface area contributed by atoms with Crippen molar-refractivity contribution in [3.05, 3.63) is 54.4 Å². The standard InChI is InChI=1S/C20H23N3O3S/c1-4-22(13-15-8-9-17(25-2)18(11-15)26-3)19(24)14-27-20-21-12-16-7-5-6-10-23(16)20/h5-12H,4,13-14H2,1-3H3. The molecule has 1 aromatic carbocycles. The monoisotopic (exact) mass is 385 g/mol. The Kier molecular flexibility index (Phi) is 6.24. The highest BCUT2D eigenvalue weighted by molar-refractivity contribution is 7.99. The van der Waals surface area contributed by atoms with E-state index in [9.17, 15) is 4.79 Å². The van der Waals surface area contributed by atoms with E-state index >= 15 is 0 Å². The number of nitrogens with zero attached hydrogens (tertiary/aromatic N) is 3. The van der Waals surface area contributed by atoms with Crippen LogP contribution in [-0.4, -0.2) is 46.7 Å². The van der Waals surface area contributed by atoms with Crippen LogP contribution in [0.4, 0.5) is 0 Å². The molecule has 0 aliphatic heterocycles. The number of amides is 1. The van der Waals surface area contributed by atoms with Gasteiger partial charge in [-0.15, -0.1) is 0 Å². The third-order valence-electron chi connectivity index (χ3n) is 4.29. The van der Waals surface area contributed by atoms with Crippen LogP contribution in [-0.2, 0) is 11.3 Å². The topological polar surface area (TPSA) is 56.1 Å². The van der Waals surface area contributed by atoms with E-state index in [1.54, 1.807) is 14.2 Å². The number of carbonyl (C=O) groups is 1. The normalized spacial score (nSPS) is 10.8. The van der Waals surface area contributed by atoms with Gasteiger partial charge in [0.1, 0.15) is 0 Å². The minimum atomic E-state index is 0.0740. The zero-order valence-corrected chi connectivity index (χ0v) is 16.5. The van der Waals surface area contributed by atoms with E-state index in [0.717, 1.165) is 16.2 Å². The summed E-state index contributed by atoms with van der Waals surface area (Å²) >= 11 is 1.45. The lowest BCUT2D eigenvalue weighted by molar-refractivity contribution is -0.128. The van der Waals surface area contributed by atoms with E-state index < -0.39 is 0 Å². The molecular formula is C20H23N3O3S. The third-order valence-corrected chi connectivity index (χ3v) is 5.24. The van der Waals surface area contributed by atoms with Crippen molar-refractivity contribution in [2.45, 2.75) is 18.6 Å². The fraction of sp³-hybridized carbons (Fsp3) is 0.300. The molecule has 6 nitrogen and oxygen atoms in total. The Morgan fingerprint density at radius 1 is 1.19 bits per heavy atom. The van der Waals surface area contributed by atoms with Crippen LogP contribution in [0.1, 0.15) is 12.5 Å². The van der Waals surface area contributed by atoms with Gasteiger partial charge in [-0.25, -0.2) is 4.98 Å². The van der Waals surface area contributed by atoms with Gasteiger partial charge in [-0.05, 0) is 36.8 Å². The number of fused-ring (bicyclic) bond motifs is 1. The Labute approximate surface area is 163 Å². The molecule has 0 fully saturated rings. The third kappa shape index (κ3) is 4.36. The number of hydrogen-bond acceptors (Lipinski definition) is 5. The number of rotatable bonds is 8. The molecule has 1 amide bonds. The van der Waals surface area contributed by atoms with Crippen LogP contribution in [0.15, 0.2) is 53.9 Å². The van der Waals surface area contributed by atoms with E-state index in [4.69, 9.17) is 9.47 Å². The van der Waals surface area contributed by atoms with Gasteiger partial charge in [0.25, 0.3) is 0 Å². The van der Waals surface area contributed by atoms with Crippen LogP contribution < -0.4 is 9.47 Å². The van der Waals surface area contributed by atoms with Crippen LogP contribution in [0.2, 0.25) is 0 Å². The van der Waals surface area contributed by atoms with Gasteiger partial charge >= 0.3 is 0 Å². The minimum absolute atomic E-state index is 0.0740. The highest BCUT2D eigenvalue weighted by Gasteiger charge is 2.15. The second-order valence-electron chi connectivity index (χ2n) is 5.92. The lowest BCUT2D eigenvalue weighted by Gasteiger charge is -2.21. The van der Waals surface area contributed by atoms with Crippen LogP contribution in [0, 0.1) is 0 Å². The molecule has 0 N–H and O–H groups in total. The molecule has 0 radical (unpaired) electrons. The zero-order valence-electron chi connectivity index (χ0n) is 15.7. The first-order valence-electron chi connectivity index (χ1n) is 8.69. The molecule has 2 aromatic heterocycles. The molecule has 0 atom stereocenters. The second-order valence-corrected chi connectivity index (χ2v) is 6.86. The van der Waals surface area contributed by atoms with Crippen LogP contribution >= 0.6 is 11.8 Å². The summed E-state index contributed by atoms with van der Waals surface area (Å²) < 4.78 is 12.6. The van der Waals surface area contributed by atoms with Gasteiger partial charge in [0, 0.05) is 19.3 Å². The molecule has 0 aliphatic rings. The number of ether oxygens (including phenoxy) is 2. The quantitative estimate of drug-likeness (QED) is 0.556. The second kappa shape index (κ2) is 8.81. The van der Waals surface area contributed by atoms with Crippen LogP contribution in [0.3, 0.4) is 0 Å². The molecular weight excluding hydrogens is 362 g/mol. The first kappa shape index (κ1) is 19.1. The summed E-state index contributed by atoms with van der Waals surface area (Å²) in [5, 5.41) is 0.820. The number of hydrogen-bond donors (Lipinski definition) is 0. The van der Waals surface area contributed by atoms with Crippen molar-refractivity contribution < 1.29 is 14.3 Å². The minimum Gasteiger partial charge on any atom is -0.493 e. The number of aromatic nitrogens is 2. The molecule has 2 heterocycles. The van der Waals surface area contributed by atoms with Crippen molar-refractivity contribution >= 4 is 23.2 Å². The summed E-state index contributed by atoms with van der Waals surface area (Å²) in [4.78, 5) is 18.9. The van der Waals surface area contributed by atoms with Gasteiger partial charge in [-0.1, -0.05) is 23.9 Å². The SMILES string of the molecule is CCN(Cc1ccc(OC)c(OC)c1)C(=O)CSc1ncc2ccccn12. The first-order chi connectivity index (χ1) is 13.2. The summed E-state index contributed by atoms with van der Waals surface area (Å²) in [6.45, 7) is 3.14. The summed E-state index contributed by atoms with van der Waals surface area (Å²) in [6.07, 6.45) is 3.77. The molecule has 0 aliphatic carbocycles. The number of carbonyl (C=O) groups excluding carboxylic acids is 1. The summed E-state index contributed by atoms with van der Waals surface area (Å²) in [6, 6.07) is 11.6. The van der Waals surface area contributed by atoms with E-state index in [-0.39, 0.29) is 5.91 Å². The maximum atomic E-state index is 12.7. The van der Waals surface area contributed by atoms with Gasteiger partial charge in [-0.3, -0.25) is 9.20 Å². The molecule has 0 saturated heterocycles. The maximum Gasteiger partial charge on any atom is 0.233 e. The first-order valence-corrected chi connectivity index (χ1v) is 9.68. The molecule has 0 spiro atoms. The molecule has 7 heteroatoms. The number of methoxy groups -OCH3 is 2. The van der Waals surface area contributed by atoms with Gasteiger partial charge in [-0.2, -0.15) is 0 Å². The summed E-state index contributed by atoms with van der Waals surface area (Å²) in [7, 11) is 3.21. The number of pyridine rings is 1. The number of benzene rings is 1. The Balaban J connectivity index is 1.65. The predicted octanol–water partition coefficient (Wildman–Crippen LogP) is 3.49. The highest BCUT2D eigenvalue weighted by Crippen LogP contribution is 2.28. The van der Waals surface area contributed by atoms with Gasteiger partial charge in [0.2, 0.25) is 5.91 Å². The van der Waals surface area contributed by atoms with Crippen LogP contribution in [0.25, 0.3) is 5.52 Å². The number of thioether (sulfide) groups is 1. The van der Waals surface area contributed by atoms with E-state index in [1.165, 1.54) is 11.8 Å². The van der Waals surface area contributed by atoms with E-state index in [1.807, 2.05) is 65.0 Å². The fourth-order valence-electron chi connectivity index (χ4n) is 2.82.